The summed E-state index contributed by atoms with van der Waals surface area (Å²) in [6, 6.07) is 15.6. The standard InChI is InChI=1S/C17H20ClNO2/c18-16-8-3-1-7-15(16)13-21-17-9-4-2-6-14(17)12-19-10-5-11-20/h1-4,6-9,19-20H,5,10-13H2. The van der Waals surface area contributed by atoms with E-state index in [0.29, 0.717) is 6.61 Å². The molecule has 2 rings (SSSR count). The fraction of sp³-hybridized carbons (Fsp3) is 0.294. The Balaban J connectivity index is 1.95. The Morgan fingerprint density at radius 2 is 1.71 bits per heavy atom. The third-order valence-electron chi connectivity index (χ3n) is 3.14. The third-order valence-corrected chi connectivity index (χ3v) is 3.51. The second kappa shape index (κ2) is 8.67. The maximum absolute atomic E-state index is 8.78. The molecule has 0 amide bonds. The summed E-state index contributed by atoms with van der Waals surface area (Å²) < 4.78 is 5.89. The minimum atomic E-state index is 0.206. The number of rotatable bonds is 8. The Hall–Kier alpha value is -1.55. The number of benzene rings is 2. The van der Waals surface area contributed by atoms with Gasteiger partial charge in [0.2, 0.25) is 0 Å². The number of aliphatic hydroxyl groups is 1. The van der Waals surface area contributed by atoms with Gasteiger partial charge < -0.3 is 15.2 Å². The van der Waals surface area contributed by atoms with Crippen LogP contribution in [0.4, 0.5) is 0 Å². The molecule has 0 aromatic heterocycles. The van der Waals surface area contributed by atoms with Crippen LogP contribution in [-0.4, -0.2) is 18.3 Å². The monoisotopic (exact) mass is 305 g/mol. The molecule has 0 bridgehead atoms. The average Bonchev–Trinajstić information content (AvgIpc) is 2.52. The summed E-state index contributed by atoms with van der Waals surface area (Å²) >= 11 is 6.13. The van der Waals surface area contributed by atoms with Crippen molar-refractivity contribution in [2.24, 2.45) is 0 Å². The number of halogens is 1. The second-order valence-electron chi connectivity index (χ2n) is 4.74. The molecule has 4 heteroatoms. The third kappa shape index (κ3) is 5.05. The molecule has 112 valence electrons. The molecule has 0 saturated heterocycles. The SMILES string of the molecule is OCCCNCc1ccccc1OCc1ccccc1Cl. The first-order chi connectivity index (χ1) is 10.3. The maximum atomic E-state index is 8.78. The van der Waals surface area contributed by atoms with Crippen molar-refractivity contribution in [1.82, 2.24) is 5.32 Å². The van der Waals surface area contributed by atoms with E-state index in [1.807, 2.05) is 48.5 Å². The molecule has 0 aliphatic carbocycles. The first-order valence-corrected chi connectivity index (χ1v) is 7.44. The molecule has 0 aliphatic rings. The first kappa shape index (κ1) is 15.8. The van der Waals surface area contributed by atoms with E-state index in [1.165, 1.54) is 0 Å². The van der Waals surface area contributed by atoms with Gasteiger partial charge in [-0.1, -0.05) is 48.0 Å². The van der Waals surface area contributed by atoms with E-state index in [4.69, 9.17) is 21.4 Å². The van der Waals surface area contributed by atoms with E-state index in [0.717, 1.165) is 41.4 Å². The molecule has 0 unspecified atom stereocenters. The van der Waals surface area contributed by atoms with Gasteiger partial charge >= 0.3 is 0 Å². The number of nitrogens with one attached hydrogen (secondary N) is 1. The Morgan fingerprint density at radius 1 is 1.00 bits per heavy atom. The van der Waals surface area contributed by atoms with Crippen LogP contribution in [0.3, 0.4) is 0 Å². The molecule has 21 heavy (non-hydrogen) atoms. The summed E-state index contributed by atoms with van der Waals surface area (Å²) in [4.78, 5) is 0. The van der Waals surface area contributed by atoms with Gasteiger partial charge in [-0.25, -0.2) is 0 Å². The Morgan fingerprint density at radius 3 is 2.48 bits per heavy atom. The lowest BCUT2D eigenvalue weighted by Gasteiger charge is -2.12. The highest BCUT2D eigenvalue weighted by atomic mass is 35.5. The van der Waals surface area contributed by atoms with Crippen LogP contribution in [0.15, 0.2) is 48.5 Å². The highest BCUT2D eigenvalue weighted by molar-refractivity contribution is 6.31. The Kier molecular flexibility index (Phi) is 6.54. The van der Waals surface area contributed by atoms with Gasteiger partial charge in [-0.2, -0.15) is 0 Å². The largest absolute Gasteiger partial charge is 0.489 e. The van der Waals surface area contributed by atoms with Crippen molar-refractivity contribution in [1.29, 1.82) is 0 Å². The number of ether oxygens (including phenoxy) is 1. The first-order valence-electron chi connectivity index (χ1n) is 7.07. The summed E-state index contributed by atoms with van der Waals surface area (Å²) in [5.41, 5.74) is 2.07. The van der Waals surface area contributed by atoms with Crippen LogP contribution in [0.5, 0.6) is 5.75 Å². The van der Waals surface area contributed by atoms with Crippen LogP contribution in [0.2, 0.25) is 5.02 Å². The summed E-state index contributed by atoms with van der Waals surface area (Å²) in [6.07, 6.45) is 0.753. The van der Waals surface area contributed by atoms with Crippen LogP contribution < -0.4 is 10.1 Å². The molecule has 2 N–H and O–H groups in total. The summed E-state index contributed by atoms with van der Waals surface area (Å²) in [5, 5.41) is 12.8. The summed E-state index contributed by atoms with van der Waals surface area (Å²) in [7, 11) is 0. The zero-order valence-corrected chi connectivity index (χ0v) is 12.6. The van der Waals surface area contributed by atoms with Crippen molar-refractivity contribution < 1.29 is 9.84 Å². The van der Waals surface area contributed by atoms with Gasteiger partial charge in [-0.05, 0) is 25.1 Å². The lowest BCUT2D eigenvalue weighted by molar-refractivity contribution is 0.285. The average molecular weight is 306 g/mol. The summed E-state index contributed by atoms with van der Waals surface area (Å²) in [6.45, 7) is 2.17. The molecule has 2 aromatic carbocycles. The molecular formula is C17H20ClNO2. The van der Waals surface area contributed by atoms with Crippen LogP contribution in [0, 0.1) is 0 Å². The fourth-order valence-electron chi connectivity index (χ4n) is 1.99. The molecule has 0 radical (unpaired) electrons. The van der Waals surface area contributed by atoms with E-state index in [2.05, 4.69) is 5.32 Å². The van der Waals surface area contributed by atoms with Crippen LogP contribution in [0.1, 0.15) is 17.5 Å². The number of hydrogen-bond donors (Lipinski definition) is 2. The second-order valence-corrected chi connectivity index (χ2v) is 5.15. The molecule has 0 aliphatic heterocycles. The predicted molar refractivity (Wildman–Crippen MR) is 85.6 cm³/mol. The van der Waals surface area contributed by atoms with Crippen molar-refractivity contribution >= 4 is 11.6 Å². The van der Waals surface area contributed by atoms with Gasteiger partial charge in [-0.3, -0.25) is 0 Å². The van der Waals surface area contributed by atoms with Gasteiger partial charge in [0.05, 0.1) is 0 Å². The summed E-state index contributed by atoms with van der Waals surface area (Å²) in [5.74, 6) is 0.855. The number of para-hydroxylation sites is 1. The lowest BCUT2D eigenvalue weighted by atomic mass is 10.2. The number of hydrogen-bond acceptors (Lipinski definition) is 3. The van der Waals surface area contributed by atoms with Gasteiger partial charge in [0.15, 0.2) is 0 Å². The Bertz CT molecular complexity index is 560. The molecule has 0 saturated carbocycles. The zero-order chi connectivity index (χ0) is 14.9. The molecule has 0 spiro atoms. The van der Waals surface area contributed by atoms with E-state index >= 15 is 0 Å². The minimum Gasteiger partial charge on any atom is -0.489 e. The normalized spacial score (nSPS) is 10.6. The Labute approximate surface area is 130 Å². The molecule has 3 nitrogen and oxygen atoms in total. The van der Waals surface area contributed by atoms with E-state index in [1.54, 1.807) is 0 Å². The van der Waals surface area contributed by atoms with Crippen LogP contribution in [-0.2, 0) is 13.2 Å². The maximum Gasteiger partial charge on any atom is 0.124 e. The van der Waals surface area contributed by atoms with E-state index < -0.39 is 0 Å². The van der Waals surface area contributed by atoms with Crippen molar-refractivity contribution in [2.75, 3.05) is 13.2 Å². The highest BCUT2D eigenvalue weighted by Gasteiger charge is 2.05. The molecule has 2 aromatic rings. The number of aliphatic hydroxyl groups excluding tert-OH is 1. The van der Waals surface area contributed by atoms with Crippen molar-refractivity contribution in [3.05, 3.63) is 64.7 Å². The smallest absolute Gasteiger partial charge is 0.124 e. The van der Waals surface area contributed by atoms with Crippen molar-refractivity contribution in [3.63, 3.8) is 0 Å². The van der Waals surface area contributed by atoms with E-state index in [-0.39, 0.29) is 6.61 Å². The van der Waals surface area contributed by atoms with Crippen molar-refractivity contribution in [3.8, 4) is 5.75 Å². The molecule has 0 fully saturated rings. The minimum absolute atomic E-state index is 0.206. The zero-order valence-electron chi connectivity index (χ0n) is 11.9. The lowest BCUT2D eigenvalue weighted by Crippen LogP contribution is -2.16. The molecular weight excluding hydrogens is 286 g/mol. The van der Waals surface area contributed by atoms with Gasteiger partial charge in [0.25, 0.3) is 0 Å². The predicted octanol–water partition coefficient (Wildman–Crippen LogP) is 3.39. The van der Waals surface area contributed by atoms with Crippen LogP contribution >= 0.6 is 11.6 Å². The fourth-order valence-corrected chi connectivity index (χ4v) is 2.18. The van der Waals surface area contributed by atoms with Gasteiger partial charge in [0, 0.05) is 29.3 Å². The highest BCUT2D eigenvalue weighted by Crippen LogP contribution is 2.21. The topological polar surface area (TPSA) is 41.5 Å². The van der Waals surface area contributed by atoms with E-state index in [9.17, 15) is 0 Å². The van der Waals surface area contributed by atoms with Gasteiger partial charge in [0.1, 0.15) is 12.4 Å². The van der Waals surface area contributed by atoms with Crippen molar-refractivity contribution in [2.45, 2.75) is 19.6 Å². The quantitative estimate of drug-likeness (QED) is 0.735. The van der Waals surface area contributed by atoms with Gasteiger partial charge in [-0.15, -0.1) is 0 Å². The molecule has 0 heterocycles. The van der Waals surface area contributed by atoms with Crippen LogP contribution in [0.25, 0.3) is 0 Å². The molecule has 0 atom stereocenters.